The molecule has 0 aliphatic heterocycles. The third-order valence-electron chi connectivity index (χ3n) is 15.4. The van der Waals surface area contributed by atoms with E-state index in [9.17, 15) is 4.79 Å². The zero-order chi connectivity index (χ0) is 36.7. The summed E-state index contributed by atoms with van der Waals surface area (Å²) in [5, 5.41) is 0. The van der Waals surface area contributed by atoms with Gasteiger partial charge in [-0.3, -0.25) is 4.79 Å². The molecule has 0 radical (unpaired) electrons. The van der Waals surface area contributed by atoms with E-state index >= 15 is 0 Å². The highest BCUT2D eigenvalue weighted by atomic mass is 16.5. The molecule has 4 aliphatic rings. The smallest absolute Gasteiger partial charge is 0.306 e. The average molecular weight is 705 g/mol. The lowest BCUT2D eigenvalue weighted by Crippen LogP contribution is -2.51. The minimum Gasteiger partial charge on any atom is -0.462 e. The fourth-order valence-electron chi connectivity index (χ4n) is 12.1. The lowest BCUT2D eigenvalue weighted by Gasteiger charge is -2.58. The van der Waals surface area contributed by atoms with Crippen molar-refractivity contribution < 1.29 is 9.53 Å². The van der Waals surface area contributed by atoms with Crippen LogP contribution >= 0.6 is 0 Å². The van der Waals surface area contributed by atoms with E-state index in [2.05, 4.69) is 78.8 Å². The minimum atomic E-state index is 0.0543. The van der Waals surface area contributed by atoms with E-state index in [1.807, 2.05) is 0 Å². The number of esters is 1. The number of rotatable bonds is 23. The summed E-state index contributed by atoms with van der Waals surface area (Å²) in [6.07, 6.45) is 43.4. The van der Waals surface area contributed by atoms with E-state index in [4.69, 9.17) is 4.74 Å². The summed E-state index contributed by atoms with van der Waals surface area (Å²) in [6.45, 7) is 17.4. The van der Waals surface area contributed by atoms with Crippen molar-refractivity contribution in [2.75, 3.05) is 0 Å². The summed E-state index contributed by atoms with van der Waals surface area (Å²) >= 11 is 0. The molecule has 4 aliphatic carbocycles. The maximum Gasteiger partial charge on any atom is 0.306 e. The Morgan fingerprint density at radius 2 is 1.49 bits per heavy atom. The Morgan fingerprint density at radius 3 is 2.18 bits per heavy atom. The molecule has 0 unspecified atom stereocenters. The second kappa shape index (κ2) is 21.5. The zero-order valence-corrected chi connectivity index (χ0v) is 35.0. The molecule has 0 aromatic rings. The van der Waals surface area contributed by atoms with Crippen molar-refractivity contribution in [1.82, 2.24) is 0 Å². The summed E-state index contributed by atoms with van der Waals surface area (Å²) in [6, 6.07) is 0. The number of ether oxygens (including phenoxy) is 1. The summed E-state index contributed by atoms with van der Waals surface area (Å²) < 4.78 is 6.15. The fraction of sp³-hybridized carbons (Fsp3) is 0.857. The zero-order valence-electron chi connectivity index (χ0n) is 35.0. The van der Waals surface area contributed by atoms with Gasteiger partial charge in [0.2, 0.25) is 0 Å². The molecule has 4 rings (SSSR count). The van der Waals surface area contributed by atoms with Crippen LogP contribution in [0.3, 0.4) is 0 Å². The summed E-state index contributed by atoms with van der Waals surface area (Å²) in [7, 11) is 0. The van der Waals surface area contributed by atoms with E-state index in [-0.39, 0.29) is 12.1 Å². The number of carbonyl (C=O) groups is 1. The van der Waals surface area contributed by atoms with Crippen LogP contribution in [0.1, 0.15) is 209 Å². The molecule has 292 valence electrons. The van der Waals surface area contributed by atoms with Crippen LogP contribution in [0.2, 0.25) is 0 Å². The molecule has 2 nitrogen and oxygen atoms in total. The number of allylic oxidation sites excluding steroid dienone is 5. The van der Waals surface area contributed by atoms with Crippen molar-refractivity contribution in [3.63, 3.8) is 0 Å². The van der Waals surface area contributed by atoms with Crippen molar-refractivity contribution in [2.24, 2.45) is 52.3 Å². The van der Waals surface area contributed by atoms with Gasteiger partial charge in [-0.1, -0.05) is 142 Å². The normalized spacial score (nSPS) is 31.8. The third-order valence-corrected chi connectivity index (χ3v) is 15.4. The highest BCUT2D eigenvalue weighted by Crippen LogP contribution is 2.67. The molecule has 0 bridgehead atoms. The highest BCUT2D eigenvalue weighted by molar-refractivity contribution is 5.69. The first-order valence-corrected chi connectivity index (χ1v) is 22.8. The van der Waals surface area contributed by atoms with Crippen LogP contribution in [0.4, 0.5) is 0 Å². The van der Waals surface area contributed by atoms with Crippen LogP contribution in [0.5, 0.6) is 0 Å². The van der Waals surface area contributed by atoms with Gasteiger partial charge in [-0.05, 0) is 142 Å². The molecule has 0 amide bonds. The van der Waals surface area contributed by atoms with Crippen molar-refractivity contribution >= 4 is 5.97 Å². The van der Waals surface area contributed by atoms with E-state index in [0.29, 0.717) is 17.3 Å². The summed E-state index contributed by atoms with van der Waals surface area (Å²) in [4.78, 5) is 12.9. The molecule has 0 heterocycles. The monoisotopic (exact) mass is 705 g/mol. The quantitative estimate of drug-likeness (QED) is 0.0601. The first-order chi connectivity index (χ1) is 24.6. The Kier molecular flexibility index (Phi) is 17.9. The van der Waals surface area contributed by atoms with Gasteiger partial charge in [0.25, 0.3) is 0 Å². The largest absolute Gasteiger partial charge is 0.462 e. The Bertz CT molecular complexity index is 1100. The number of unbranched alkanes of at least 4 members (excludes halogenated alkanes) is 10. The van der Waals surface area contributed by atoms with Crippen LogP contribution in [0.15, 0.2) is 36.0 Å². The average Bonchev–Trinajstić information content (AvgIpc) is 3.47. The Hall–Kier alpha value is -1.31. The number of carbonyl (C=O) groups excluding carboxylic acids is 1. The van der Waals surface area contributed by atoms with Gasteiger partial charge in [0, 0.05) is 12.8 Å². The van der Waals surface area contributed by atoms with E-state index in [1.165, 1.54) is 122 Å². The molecule has 3 fully saturated rings. The second-order valence-corrected chi connectivity index (χ2v) is 19.0. The summed E-state index contributed by atoms with van der Waals surface area (Å²) in [5.74, 6) is 6.14. The molecule has 0 N–H and O–H groups in total. The van der Waals surface area contributed by atoms with Crippen LogP contribution in [-0.4, -0.2) is 12.1 Å². The van der Waals surface area contributed by atoms with Crippen LogP contribution in [0.25, 0.3) is 0 Å². The van der Waals surface area contributed by atoms with Crippen LogP contribution < -0.4 is 0 Å². The molecule has 0 spiro atoms. The Balaban J connectivity index is 1.10. The molecule has 0 saturated heterocycles. The molecule has 3 saturated carbocycles. The van der Waals surface area contributed by atoms with Crippen LogP contribution in [-0.2, 0) is 9.53 Å². The third kappa shape index (κ3) is 11.8. The van der Waals surface area contributed by atoms with Gasteiger partial charge in [0.1, 0.15) is 6.10 Å². The van der Waals surface area contributed by atoms with Crippen molar-refractivity contribution in [1.29, 1.82) is 0 Å². The van der Waals surface area contributed by atoms with Gasteiger partial charge >= 0.3 is 5.97 Å². The molecular weight excluding hydrogens is 621 g/mol. The minimum absolute atomic E-state index is 0.0543. The van der Waals surface area contributed by atoms with Gasteiger partial charge in [-0.25, -0.2) is 0 Å². The Morgan fingerprint density at radius 1 is 0.804 bits per heavy atom. The Labute approximate surface area is 317 Å². The maximum atomic E-state index is 12.9. The van der Waals surface area contributed by atoms with Gasteiger partial charge in [0.15, 0.2) is 0 Å². The predicted octanol–water partition coefficient (Wildman–Crippen LogP) is 15.2. The van der Waals surface area contributed by atoms with Gasteiger partial charge in [0.05, 0.1) is 0 Å². The lowest BCUT2D eigenvalue weighted by atomic mass is 9.47. The first-order valence-electron chi connectivity index (χ1n) is 22.8. The molecular formula is C49H84O2. The van der Waals surface area contributed by atoms with E-state index in [1.54, 1.807) is 5.57 Å². The molecule has 51 heavy (non-hydrogen) atoms. The van der Waals surface area contributed by atoms with Crippen molar-refractivity contribution in [3.8, 4) is 0 Å². The van der Waals surface area contributed by atoms with Gasteiger partial charge < -0.3 is 4.74 Å². The van der Waals surface area contributed by atoms with Crippen molar-refractivity contribution in [3.05, 3.63) is 36.0 Å². The standard InChI is InChI=1S/C49H84O2/c1-8-10-11-12-13-14-15-16-17-18-19-20-21-22-23-24-25-26-47(50)51-42-33-35-48(6)41(37-42)29-30-43-45-32-31-44(49(45,7)36-34-46(43)48)39(5)27-28-40(9-2)38(3)4/h13-14,16-17,29,38-40,42-46H,8-12,15,18-28,30-37H2,1-7H3/b14-13-,17-16-/t39-,40-,42+,43+,44-,45+,46+,48+,49-/m1/s1. The maximum absolute atomic E-state index is 12.9. The molecule has 2 heteroatoms. The number of fused-ring (bicyclic) bond motifs is 5. The topological polar surface area (TPSA) is 26.3 Å². The molecule has 9 atom stereocenters. The van der Waals surface area contributed by atoms with E-state index < -0.39 is 0 Å². The first kappa shape index (κ1) is 42.4. The molecule has 0 aromatic heterocycles. The lowest BCUT2D eigenvalue weighted by molar-refractivity contribution is -0.151. The van der Waals surface area contributed by atoms with Gasteiger partial charge in [-0.15, -0.1) is 0 Å². The second-order valence-electron chi connectivity index (χ2n) is 19.0. The highest BCUT2D eigenvalue weighted by Gasteiger charge is 2.59. The molecule has 0 aromatic carbocycles. The summed E-state index contributed by atoms with van der Waals surface area (Å²) in [5.41, 5.74) is 2.50. The fourth-order valence-corrected chi connectivity index (χ4v) is 12.1. The number of hydrogen-bond donors (Lipinski definition) is 0. The van der Waals surface area contributed by atoms with Crippen LogP contribution in [0, 0.1) is 52.3 Å². The predicted molar refractivity (Wildman–Crippen MR) is 221 cm³/mol. The van der Waals surface area contributed by atoms with Gasteiger partial charge in [-0.2, -0.15) is 0 Å². The van der Waals surface area contributed by atoms with E-state index in [0.717, 1.165) is 73.5 Å². The SMILES string of the molecule is CCCCC/C=C\C/C=C\CCCCCCCCCC(=O)O[C@H]1CC[C@@]2(C)C(=CC[C@H]3[C@@H]4CC[C@H]([C@H](C)CC[C@@H](CC)C(C)C)[C@@]4(C)CC[C@@H]32)C1. The number of hydrogen-bond acceptors (Lipinski definition) is 2. The van der Waals surface area contributed by atoms with Crippen molar-refractivity contribution in [2.45, 2.75) is 215 Å².